The molecule has 2 unspecified atom stereocenters. The number of alkyl halides is 3. The quantitative estimate of drug-likeness (QED) is 0.441. The van der Waals surface area contributed by atoms with Gasteiger partial charge in [0.2, 0.25) is 0 Å². The van der Waals surface area contributed by atoms with Crippen molar-refractivity contribution >= 4 is 48.9 Å². The average molecular weight is 494 g/mol. The second kappa shape index (κ2) is 8.52. The number of aromatic nitrogens is 2. The summed E-state index contributed by atoms with van der Waals surface area (Å²) in [5, 5.41) is 0. The molecule has 3 rings (SSSR count). The van der Waals surface area contributed by atoms with Gasteiger partial charge in [-0.1, -0.05) is 0 Å². The van der Waals surface area contributed by atoms with Crippen LogP contribution in [0.4, 0.5) is 13.2 Å². The van der Waals surface area contributed by atoms with E-state index in [9.17, 15) is 17.7 Å². The van der Waals surface area contributed by atoms with E-state index in [1.807, 2.05) is 0 Å². The highest BCUT2D eigenvalue weighted by Crippen LogP contribution is 2.33. The number of benzene rings is 1. The first-order valence-corrected chi connectivity index (χ1v) is 11.5. The van der Waals surface area contributed by atoms with Crippen LogP contribution in [0.1, 0.15) is 13.8 Å². The molecule has 1 aromatic carbocycles. The zero-order valence-corrected chi connectivity index (χ0v) is 18.0. The van der Waals surface area contributed by atoms with Gasteiger partial charge in [-0.25, -0.2) is 9.97 Å². The Hall–Kier alpha value is -1.43. The molecule has 0 spiro atoms. The van der Waals surface area contributed by atoms with Crippen LogP contribution in [-0.2, 0) is 21.9 Å². The zero-order valence-electron chi connectivity index (χ0n) is 14.8. The molecule has 0 bridgehead atoms. The van der Waals surface area contributed by atoms with Gasteiger partial charge in [0.1, 0.15) is 11.3 Å². The molecule has 0 aliphatic rings. The lowest BCUT2D eigenvalue weighted by molar-refractivity contribution is -0.0357. The second-order valence-electron chi connectivity index (χ2n) is 5.46. The van der Waals surface area contributed by atoms with E-state index < -0.39 is 27.4 Å². The van der Waals surface area contributed by atoms with Gasteiger partial charge in [-0.3, -0.25) is 4.36 Å². The molecule has 2 aromatic heterocycles. The second-order valence-corrected chi connectivity index (χ2v) is 9.84. The van der Waals surface area contributed by atoms with Crippen molar-refractivity contribution in [3.63, 3.8) is 0 Å². The van der Waals surface area contributed by atoms with Crippen molar-refractivity contribution in [2.45, 2.75) is 29.1 Å². The fourth-order valence-corrected chi connectivity index (χ4v) is 5.10. The van der Waals surface area contributed by atoms with Crippen molar-refractivity contribution in [2.24, 2.45) is 4.36 Å². The van der Waals surface area contributed by atoms with Crippen molar-refractivity contribution < 1.29 is 22.1 Å². The lowest BCUT2D eigenvalue weighted by atomic mass is 10.3. The van der Waals surface area contributed by atoms with E-state index in [-0.39, 0.29) is 22.8 Å². The molecule has 3 aromatic rings. The number of hydrogen-bond acceptors (Lipinski definition) is 5. The third-order valence-corrected chi connectivity index (χ3v) is 7.00. The third-order valence-electron chi connectivity index (χ3n) is 3.59. The molecule has 5 nitrogen and oxygen atoms in total. The van der Waals surface area contributed by atoms with Crippen molar-refractivity contribution in [3.8, 4) is 11.6 Å². The van der Waals surface area contributed by atoms with Gasteiger partial charge in [0.15, 0.2) is 16.2 Å². The summed E-state index contributed by atoms with van der Waals surface area (Å²) >= 11 is 1.98. The standard InChI is InChI=1S/C17H15BrF3N3O2S2/c1-3-23-28(17(19,20)21)11-5-6-13-12(8-11)24-16(26-13)15-14(27(25)4-2)7-10(18)9-22-15/h5-9H,3-4H2,1-2H3. The minimum Gasteiger partial charge on any atom is -0.611 e. The summed E-state index contributed by atoms with van der Waals surface area (Å²) in [6.45, 7) is 3.39. The Labute approximate surface area is 173 Å². The number of halogens is 4. The van der Waals surface area contributed by atoms with E-state index in [1.54, 1.807) is 19.9 Å². The SMILES string of the molecule is CC/N=S(/c1ccc2oc(-c3ncc(Br)cc3[S+]([O-])CC)nc2c1)C(F)(F)F. The summed E-state index contributed by atoms with van der Waals surface area (Å²) < 4.78 is 62.3. The van der Waals surface area contributed by atoms with E-state index in [4.69, 9.17) is 4.42 Å². The predicted octanol–water partition coefficient (Wildman–Crippen LogP) is 5.48. The number of hydrogen-bond donors (Lipinski definition) is 0. The van der Waals surface area contributed by atoms with Crippen LogP contribution in [0.2, 0.25) is 0 Å². The van der Waals surface area contributed by atoms with E-state index in [0.29, 0.717) is 26.4 Å². The molecule has 0 aliphatic carbocycles. The first kappa shape index (κ1) is 21.3. The first-order valence-electron chi connectivity index (χ1n) is 8.18. The normalized spacial score (nSPS) is 14.5. The summed E-state index contributed by atoms with van der Waals surface area (Å²) in [4.78, 5) is 9.00. The van der Waals surface area contributed by atoms with Crippen LogP contribution in [0, 0.1) is 0 Å². The van der Waals surface area contributed by atoms with E-state index >= 15 is 0 Å². The fraction of sp³-hybridized carbons (Fsp3) is 0.294. The molecule has 2 heterocycles. The Balaban J connectivity index is 2.11. The summed E-state index contributed by atoms with van der Waals surface area (Å²) in [6.07, 6.45) is 1.52. The van der Waals surface area contributed by atoms with Gasteiger partial charge in [0, 0.05) is 38.9 Å². The molecule has 28 heavy (non-hydrogen) atoms. The number of oxazole rings is 1. The smallest absolute Gasteiger partial charge is 0.456 e. The topological polar surface area (TPSA) is 74.3 Å². The third kappa shape index (κ3) is 4.42. The monoisotopic (exact) mass is 493 g/mol. The maximum atomic E-state index is 13.3. The van der Waals surface area contributed by atoms with Crippen molar-refractivity contribution in [3.05, 3.63) is 34.9 Å². The lowest BCUT2D eigenvalue weighted by Crippen LogP contribution is -2.16. The maximum absolute atomic E-state index is 13.3. The Bertz CT molecular complexity index is 1040. The number of nitrogens with zero attached hydrogens (tertiary/aromatic N) is 3. The van der Waals surface area contributed by atoms with Crippen LogP contribution >= 0.6 is 15.9 Å². The van der Waals surface area contributed by atoms with Crippen LogP contribution < -0.4 is 0 Å². The summed E-state index contributed by atoms with van der Waals surface area (Å²) in [7, 11) is -2.24. The fourth-order valence-electron chi connectivity index (χ4n) is 2.45. The van der Waals surface area contributed by atoms with Crippen molar-refractivity contribution in [2.75, 3.05) is 12.3 Å². The maximum Gasteiger partial charge on any atom is 0.456 e. The highest BCUT2D eigenvalue weighted by molar-refractivity contribution is 9.10. The van der Waals surface area contributed by atoms with Crippen LogP contribution in [0.5, 0.6) is 0 Å². The minimum atomic E-state index is -4.46. The average Bonchev–Trinajstić information content (AvgIpc) is 3.07. The molecule has 0 saturated heterocycles. The van der Waals surface area contributed by atoms with Gasteiger partial charge in [0.05, 0.1) is 0 Å². The van der Waals surface area contributed by atoms with Gasteiger partial charge >= 0.3 is 5.51 Å². The Kier molecular flexibility index (Phi) is 6.47. The van der Waals surface area contributed by atoms with Gasteiger partial charge in [0.25, 0.3) is 5.89 Å². The molecule has 0 fully saturated rings. The molecule has 0 N–H and O–H groups in total. The number of fused-ring (bicyclic) bond motifs is 1. The van der Waals surface area contributed by atoms with Crippen LogP contribution in [0.15, 0.2) is 53.5 Å². The van der Waals surface area contributed by atoms with E-state index in [0.717, 1.165) is 0 Å². The van der Waals surface area contributed by atoms with Gasteiger partial charge < -0.3 is 8.97 Å². The molecule has 11 heteroatoms. The Morgan fingerprint density at radius 3 is 2.68 bits per heavy atom. The molecule has 150 valence electrons. The molecule has 2 atom stereocenters. The molecule has 0 saturated carbocycles. The first-order chi connectivity index (χ1) is 13.2. The number of rotatable bonds is 5. The van der Waals surface area contributed by atoms with Gasteiger partial charge in [-0.15, -0.1) is 0 Å². The Morgan fingerprint density at radius 1 is 1.29 bits per heavy atom. The van der Waals surface area contributed by atoms with Crippen molar-refractivity contribution in [1.29, 1.82) is 0 Å². The molecular weight excluding hydrogens is 479 g/mol. The molecular formula is C17H15BrF3N3O2S2. The number of pyridine rings is 1. The minimum absolute atomic E-state index is 0.0165. The lowest BCUT2D eigenvalue weighted by Gasteiger charge is -2.11. The van der Waals surface area contributed by atoms with Crippen LogP contribution in [0.3, 0.4) is 0 Å². The summed E-state index contributed by atoms with van der Waals surface area (Å²) in [5.74, 6) is 0.485. The van der Waals surface area contributed by atoms with E-state index in [1.165, 1.54) is 24.4 Å². The molecule has 0 amide bonds. The summed E-state index contributed by atoms with van der Waals surface area (Å²) in [5.41, 5.74) is -3.58. The highest BCUT2D eigenvalue weighted by Gasteiger charge is 2.35. The molecule has 0 radical (unpaired) electrons. The van der Waals surface area contributed by atoms with Crippen LogP contribution in [-0.4, -0.2) is 32.3 Å². The van der Waals surface area contributed by atoms with Crippen molar-refractivity contribution in [1.82, 2.24) is 9.97 Å². The van der Waals surface area contributed by atoms with Gasteiger partial charge in [-0.2, -0.15) is 13.2 Å². The zero-order chi connectivity index (χ0) is 20.5. The highest BCUT2D eigenvalue weighted by atomic mass is 79.9. The van der Waals surface area contributed by atoms with E-state index in [2.05, 4.69) is 30.3 Å². The molecule has 0 aliphatic heterocycles. The van der Waals surface area contributed by atoms with Gasteiger partial charge in [-0.05, 0) is 59.2 Å². The largest absolute Gasteiger partial charge is 0.611 e. The Morgan fingerprint density at radius 2 is 2.04 bits per heavy atom. The van der Waals surface area contributed by atoms with Crippen LogP contribution in [0.25, 0.3) is 22.7 Å². The predicted molar refractivity (Wildman–Crippen MR) is 107 cm³/mol. The summed E-state index contributed by atoms with van der Waals surface area (Å²) in [6, 6.07) is 5.78.